The van der Waals surface area contributed by atoms with Gasteiger partial charge in [-0.25, -0.2) is 0 Å². The van der Waals surface area contributed by atoms with E-state index in [-0.39, 0.29) is 17.7 Å². The van der Waals surface area contributed by atoms with Gasteiger partial charge in [0.2, 0.25) is 0 Å². The number of rotatable bonds is 1. The molecule has 0 aliphatic carbocycles. The second-order valence-corrected chi connectivity index (χ2v) is 5.03. The van der Waals surface area contributed by atoms with E-state index in [0.717, 1.165) is 12.1 Å². The van der Waals surface area contributed by atoms with Crippen LogP contribution in [0, 0.1) is 0 Å². The third-order valence-electron chi connectivity index (χ3n) is 3.31. The van der Waals surface area contributed by atoms with Crippen LogP contribution < -0.4 is 0 Å². The first-order chi connectivity index (χ1) is 9.29. The Morgan fingerprint density at radius 2 is 2.05 bits per heavy atom. The van der Waals surface area contributed by atoms with Crippen LogP contribution in [0.25, 0.3) is 0 Å². The summed E-state index contributed by atoms with van der Waals surface area (Å²) in [7, 11) is 0. The van der Waals surface area contributed by atoms with Gasteiger partial charge in [-0.2, -0.15) is 13.2 Å². The zero-order valence-corrected chi connectivity index (χ0v) is 11.3. The summed E-state index contributed by atoms with van der Waals surface area (Å²) in [6.07, 6.45) is -4.55. The molecule has 1 amide bonds. The van der Waals surface area contributed by atoms with E-state index in [1.165, 1.54) is 12.1 Å². The molecule has 2 rings (SSSR count). The molecule has 3 nitrogen and oxygen atoms in total. The molecule has 0 radical (unpaired) electrons. The van der Waals surface area contributed by atoms with Crippen LogP contribution in [-0.4, -0.2) is 36.1 Å². The largest absolute Gasteiger partial charge is 0.416 e. The van der Waals surface area contributed by atoms with Crippen molar-refractivity contribution in [1.29, 1.82) is 0 Å². The van der Waals surface area contributed by atoms with Crippen LogP contribution in [0.3, 0.4) is 0 Å². The Labute approximate surface area is 115 Å². The molecule has 0 unspecified atom stereocenters. The van der Waals surface area contributed by atoms with Crippen molar-refractivity contribution in [3.8, 4) is 0 Å². The second-order valence-electron chi connectivity index (χ2n) is 5.03. The number of hydrogen-bond acceptors (Lipinski definition) is 2. The Hall–Kier alpha value is -1.56. The molecule has 6 heteroatoms. The van der Waals surface area contributed by atoms with Gasteiger partial charge in [0.05, 0.1) is 24.3 Å². The molecule has 1 aliphatic heterocycles. The van der Waals surface area contributed by atoms with E-state index < -0.39 is 17.6 Å². The topological polar surface area (TPSA) is 29.5 Å². The van der Waals surface area contributed by atoms with Gasteiger partial charge in [0, 0.05) is 12.1 Å². The number of amides is 1. The van der Waals surface area contributed by atoms with Gasteiger partial charge in [-0.05, 0) is 32.0 Å². The number of morpholine rings is 1. The monoisotopic (exact) mass is 287 g/mol. The van der Waals surface area contributed by atoms with Crippen LogP contribution in [-0.2, 0) is 10.9 Å². The summed E-state index contributed by atoms with van der Waals surface area (Å²) in [5.41, 5.74) is -0.752. The molecule has 1 saturated heterocycles. The fourth-order valence-electron chi connectivity index (χ4n) is 2.18. The molecular weight excluding hydrogens is 271 g/mol. The Bertz CT molecular complexity index is 501. The number of carbonyl (C=O) groups is 1. The summed E-state index contributed by atoms with van der Waals surface area (Å²) in [5, 5.41) is 0. The molecule has 1 aliphatic rings. The van der Waals surface area contributed by atoms with Crippen LogP contribution in [0.2, 0.25) is 0 Å². The average molecular weight is 287 g/mol. The molecule has 1 aromatic carbocycles. The predicted octanol–water partition coefficient (Wildman–Crippen LogP) is 2.95. The lowest BCUT2D eigenvalue weighted by Crippen LogP contribution is -2.50. The number of carbonyl (C=O) groups excluding carboxylic acids is 1. The maximum atomic E-state index is 12.7. The maximum Gasteiger partial charge on any atom is 0.416 e. The number of hydrogen-bond donors (Lipinski definition) is 0. The van der Waals surface area contributed by atoms with E-state index in [4.69, 9.17) is 4.74 Å². The highest BCUT2D eigenvalue weighted by Crippen LogP contribution is 2.30. The van der Waals surface area contributed by atoms with Crippen molar-refractivity contribution in [1.82, 2.24) is 4.90 Å². The number of benzene rings is 1. The molecule has 1 heterocycles. The lowest BCUT2D eigenvalue weighted by atomic mass is 10.1. The lowest BCUT2D eigenvalue weighted by Gasteiger charge is -2.36. The van der Waals surface area contributed by atoms with Crippen molar-refractivity contribution in [3.63, 3.8) is 0 Å². The first-order valence-corrected chi connectivity index (χ1v) is 6.39. The number of alkyl halides is 3. The summed E-state index contributed by atoms with van der Waals surface area (Å²) in [5.74, 6) is -0.390. The molecule has 0 spiro atoms. The van der Waals surface area contributed by atoms with Crippen LogP contribution in [0.15, 0.2) is 24.3 Å². The first kappa shape index (κ1) is 14.8. The van der Waals surface area contributed by atoms with Crippen molar-refractivity contribution in [2.24, 2.45) is 0 Å². The molecule has 0 bridgehead atoms. The van der Waals surface area contributed by atoms with E-state index in [0.29, 0.717) is 13.2 Å². The smallest absolute Gasteiger partial charge is 0.375 e. The second kappa shape index (κ2) is 5.44. The fourth-order valence-corrected chi connectivity index (χ4v) is 2.18. The van der Waals surface area contributed by atoms with Gasteiger partial charge in [-0.15, -0.1) is 0 Å². The number of nitrogens with zero attached hydrogens (tertiary/aromatic N) is 1. The van der Waals surface area contributed by atoms with Crippen molar-refractivity contribution < 1.29 is 22.7 Å². The molecule has 110 valence electrons. The molecule has 0 aromatic heterocycles. The van der Waals surface area contributed by atoms with Gasteiger partial charge in [-0.3, -0.25) is 4.79 Å². The highest BCUT2D eigenvalue weighted by molar-refractivity contribution is 5.94. The normalized spacial score (nSPS) is 23.8. The van der Waals surface area contributed by atoms with E-state index >= 15 is 0 Å². The Morgan fingerprint density at radius 1 is 1.35 bits per heavy atom. The summed E-state index contributed by atoms with van der Waals surface area (Å²) < 4.78 is 43.4. The van der Waals surface area contributed by atoms with Gasteiger partial charge in [0.25, 0.3) is 5.91 Å². The molecule has 0 saturated carbocycles. The van der Waals surface area contributed by atoms with Crippen LogP contribution in [0.1, 0.15) is 29.8 Å². The summed E-state index contributed by atoms with van der Waals surface area (Å²) in [6.45, 7) is 4.43. The third kappa shape index (κ3) is 3.12. The molecular formula is C14H16F3NO2. The van der Waals surface area contributed by atoms with E-state index in [9.17, 15) is 18.0 Å². The van der Waals surface area contributed by atoms with Crippen LogP contribution in [0.4, 0.5) is 13.2 Å². The minimum Gasteiger partial charge on any atom is -0.375 e. The fraction of sp³-hybridized carbons (Fsp3) is 0.500. The summed E-state index contributed by atoms with van der Waals surface area (Å²) in [4.78, 5) is 13.9. The minimum absolute atomic E-state index is 0.0563. The van der Waals surface area contributed by atoms with Gasteiger partial charge >= 0.3 is 6.18 Å². The van der Waals surface area contributed by atoms with E-state index in [1.807, 2.05) is 13.8 Å². The van der Waals surface area contributed by atoms with Gasteiger partial charge < -0.3 is 9.64 Å². The summed E-state index contributed by atoms with van der Waals surface area (Å²) in [6, 6.07) is 4.38. The van der Waals surface area contributed by atoms with E-state index in [2.05, 4.69) is 0 Å². The zero-order chi connectivity index (χ0) is 14.9. The quantitative estimate of drug-likeness (QED) is 0.794. The average Bonchev–Trinajstić information content (AvgIpc) is 2.40. The maximum absolute atomic E-state index is 12.7. The zero-order valence-electron chi connectivity index (χ0n) is 11.3. The highest BCUT2D eigenvalue weighted by atomic mass is 19.4. The summed E-state index contributed by atoms with van der Waals surface area (Å²) >= 11 is 0. The third-order valence-corrected chi connectivity index (χ3v) is 3.31. The van der Waals surface area contributed by atoms with Crippen LogP contribution >= 0.6 is 0 Å². The van der Waals surface area contributed by atoms with Gasteiger partial charge in [0.15, 0.2) is 0 Å². The van der Waals surface area contributed by atoms with E-state index in [1.54, 1.807) is 4.90 Å². The Kier molecular flexibility index (Phi) is 4.04. The van der Waals surface area contributed by atoms with Crippen molar-refractivity contribution >= 4 is 5.91 Å². The first-order valence-electron chi connectivity index (χ1n) is 6.39. The molecule has 0 N–H and O–H groups in total. The standard InChI is InChI=1S/C14H16F3NO2/c1-9-8-20-10(2)7-18(9)13(19)11-4-3-5-12(6-11)14(15,16)17/h3-6,9-10H,7-8H2,1-2H3/t9-,10-/m1/s1. The van der Waals surface area contributed by atoms with Crippen molar-refractivity contribution in [2.75, 3.05) is 13.2 Å². The van der Waals surface area contributed by atoms with Gasteiger partial charge in [-0.1, -0.05) is 6.07 Å². The highest BCUT2D eigenvalue weighted by Gasteiger charge is 2.33. The Balaban J connectivity index is 2.24. The van der Waals surface area contributed by atoms with Gasteiger partial charge in [0.1, 0.15) is 0 Å². The minimum atomic E-state index is -4.44. The number of halogens is 3. The molecule has 2 atom stereocenters. The van der Waals surface area contributed by atoms with Crippen LogP contribution in [0.5, 0.6) is 0 Å². The number of ether oxygens (including phenoxy) is 1. The molecule has 20 heavy (non-hydrogen) atoms. The van der Waals surface area contributed by atoms with Crippen molar-refractivity contribution in [3.05, 3.63) is 35.4 Å². The Morgan fingerprint density at radius 3 is 2.70 bits per heavy atom. The SMILES string of the molecule is C[C@@H]1CN(C(=O)c2cccc(C(F)(F)F)c2)[C@H](C)CO1. The predicted molar refractivity (Wildman–Crippen MR) is 67.4 cm³/mol. The lowest BCUT2D eigenvalue weighted by molar-refractivity contribution is -0.137. The molecule has 1 fully saturated rings. The van der Waals surface area contributed by atoms with Crippen molar-refractivity contribution in [2.45, 2.75) is 32.2 Å². The molecule has 1 aromatic rings.